The summed E-state index contributed by atoms with van der Waals surface area (Å²) in [6.07, 6.45) is 2.49. The highest BCUT2D eigenvalue weighted by Crippen LogP contribution is 2.04. The number of carbonyl (C=O) groups is 1. The molecule has 47 valence electrons. The van der Waals surface area contributed by atoms with Crippen LogP contribution in [-0.4, -0.2) is 10.9 Å². The zero-order valence-corrected chi connectivity index (χ0v) is 6.12. The van der Waals surface area contributed by atoms with E-state index in [1.807, 2.05) is 20.3 Å². The second-order valence-electron chi connectivity index (χ2n) is 1.42. The minimum atomic E-state index is 0.273. The van der Waals surface area contributed by atoms with Gasteiger partial charge in [-0.3, -0.25) is 4.79 Å². The summed E-state index contributed by atoms with van der Waals surface area (Å²) in [5.41, 5.74) is 0. The summed E-state index contributed by atoms with van der Waals surface area (Å²) >= 11 is 1.39. The molecule has 0 saturated heterocycles. The normalized spacial score (nSPS) is 9.25. The largest absolute Gasteiger partial charge is 0.287 e. The van der Waals surface area contributed by atoms with Crippen molar-refractivity contribution >= 4 is 16.9 Å². The second kappa shape index (κ2) is 5.16. The standard InChI is InChI=1S/C6H11OS/c1-3-5-6(7)8-4-2/h3H,4-5H2,1-2H3. The van der Waals surface area contributed by atoms with Crippen LogP contribution in [0.2, 0.25) is 0 Å². The van der Waals surface area contributed by atoms with E-state index in [4.69, 9.17) is 0 Å². The summed E-state index contributed by atoms with van der Waals surface area (Å²) < 4.78 is 0. The molecule has 0 aromatic carbocycles. The van der Waals surface area contributed by atoms with Crippen molar-refractivity contribution in [1.29, 1.82) is 0 Å². The van der Waals surface area contributed by atoms with Gasteiger partial charge in [0.15, 0.2) is 5.12 Å². The topological polar surface area (TPSA) is 17.1 Å². The zero-order chi connectivity index (χ0) is 6.41. The highest BCUT2D eigenvalue weighted by atomic mass is 32.2. The third kappa shape index (κ3) is 4.19. The van der Waals surface area contributed by atoms with Crippen LogP contribution in [-0.2, 0) is 4.79 Å². The van der Waals surface area contributed by atoms with Crippen LogP contribution in [0.5, 0.6) is 0 Å². The summed E-state index contributed by atoms with van der Waals surface area (Å²) in [5, 5.41) is 0.273. The van der Waals surface area contributed by atoms with E-state index < -0.39 is 0 Å². The van der Waals surface area contributed by atoms with E-state index >= 15 is 0 Å². The molecule has 0 heterocycles. The molecular weight excluding hydrogens is 120 g/mol. The first-order valence-electron chi connectivity index (χ1n) is 2.74. The molecule has 0 aliphatic heterocycles. The van der Waals surface area contributed by atoms with Crippen LogP contribution >= 0.6 is 11.8 Å². The van der Waals surface area contributed by atoms with Gasteiger partial charge in [0.05, 0.1) is 0 Å². The molecule has 0 unspecified atom stereocenters. The Morgan fingerprint density at radius 1 is 1.75 bits per heavy atom. The van der Waals surface area contributed by atoms with Crippen molar-refractivity contribution in [2.24, 2.45) is 0 Å². The zero-order valence-electron chi connectivity index (χ0n) is 5.31. The molecule has 0 saturated carbocycles. The van der Waals surface area contributed by atoms with Gasteiger partial charge in [0.2, 0.25) is 0 Å². The van der Waals surface area contributed by atoms with Gasteiger partial charge in [0, 0.05) is 6.42 Å². The smallest absolute Gasteiger partial charge is 0.189 e. The lowest BCUT2D eigenvalue weighted by molar-refractivity contribution is -0.110. The molecule has 8 heavy (non-hydrogen) atoms. The van der Waals surface area contributed by atoms with Crippen molar-refractivity contribution in [3.05, 3.63) is 6.42 Å². The molecule has 0 spiro atoms. The van der Waals surface area contributed by atoms with E-state index in [9.17, 15) is 4.79 Å². The van der Waals surface area contributed by atoms with Crippen LogP contribution < -0.4 is 0 Å². The Labute approximate surface area is 54.8 Å². The fourth-order valence-electron chi connectivity index (χ4n) is 0.387. The van der Waals surface area contributed by atoms with Gasteiger partial charge in [-0.15, -0.1) is 0 Å². The first-order chi connectivity index (χ1) is 3.81. The molecule has 0 fully saturated rings. The van der Waals surface area contributed by atoms with Crippen molar-refractivity contribution in [3.63, 3.8) is 0 Å². The van der Waals surface area contributed by atoms with Crippen molar-refractivity contribution in [3.8, 4) is 0 Å². The molecule has 0 bridgehead atoms. The van der Waals surface area contributed by atoms with Gasteiger partial charge in [0.1, 0.15) is 0 Å². The Balaban J connectivity index is 3.06. The predicted octanol–water partition coefficient (Wildman–Crippen LogP) is 1.88. The van der Waals surface area contributed by atoms with Crippen LogP contribution in [0.1, 0.15) is 20.3 Å². The summed E-state index contributed by atoms with van der Waals surface area (Å²) in [6, 6.07) is 0. The average molecular weight is 131 g/mol. The summed E-state index contributed by atoms with van der Waals surface area (Å²) in [4.78, 5) is 10.6. The summed E-state index contributed by atoms with van der Waals surface area (Å²) in [5.74, 6) is 0.896. The lowest BCUT2D eigenvalue weighted by Crippen LogP contribution is -1.89. The van der Waals surface area contributed by atoms with Crippen molar-refractivity contribution in [1.82, 2.24) is 0 Å². The van der Waals surface area contributed by atoms with E-state index in [0.717, 1.165) is 5.75 Å². The fraction of sp³-hybridized carbons (Fsp3) is 0.667. The number of rotatable bonds is 3. The van der Waals surface area contributed by atoms with Gasteiger partial charge >= 0.3 is 0 Å². The van der Waals surface area contributed by atoms with E-state index in [2.05, 4.69) is 0 Å². The molecule has 0 aromatic heterocycles. The Morgan fingerprint density at radius 2 is 2.38 bits per heavy atom. The molecular formula is C6H11OS. The monoisotopic (exact) mass is 131 g/mol. The second-order valence-corrected chi connectivity index (χ2v) is 2.74. The lowest BCUT2D eigenvalue weighted by Gasteiger charge is -1.90. The Hall–Kier alpha value is 0.0200. The van der Waals surface area contributed by atoms with Gasteiger partial charge in [-0.1, -0.05) is 25.6 Å². The Morgan fingerprint density at radius 3 is 2.75 bits per heavy atom. The quantitative estimate of drug-likeness (QED) is 0.581. The number of thioether (sulfide) groups is 1. The Kier molecular flexibility index (Phi) is 5.18. The fourth-order valence-corrected chi connectivity index (χ4v) is 0.993. The van der Waals surface area contributed by atoms with Crippen LogP contribution in [0.3, 0.4) is 0 Å². The third-order valence-electron chi connectivity index (χ3n) is 0.676. The SMILES string of the molecule is C[CH]CC(=O)SCC. The van der Waals surface area contributed by atoms with Gasteiger partial charge in [0.25, 0.3) is 0 Å². The van der Waals surface area contributed by atoms with Crippen LogP contribution in [0.15, 0.2) is 0 Å². The van der Waals surface area contributed by atoms with Gasteiger partial charge < -0.3 is 0 Å². The highest BCUT2D eigenvalue weighted by molar-refractivity contribution is 8.13. The van der Waals surface area contributed by atoms with Crippen molar-refractivity contribution < 1.29 is 4.79 Å². The maximum absolute atomic E-state index is 10.6. The van der Waals surface area contributed by atoms with E-state index in [1.165, 1.54) is 11.8 Å². The first-order valence-corrected chi connectivity index (χ1v) is 3.73. The van der Waals surface area contributed by atoms with Crippen LogP contribution in [0, 0.1) is 6.42 Å². The van der Waals surface area contributed by atoms with Crippen LogP contribution in [0.4, 0.5) is 0 Å². The highest BCUT2D eigenvalue weighted by Gasteiger charge is 1.95. The molecule has 0 aliphatic carbocycles. The number of carbonyl (C=O) groups excluding carboxylic acids is 1. The summed E-state index contributed by atoms with van der Waals surface area (Å²) in [6.45, 7) is 3.88. The van der Waals surface area contributed by atoms with Gasteiger partial charge in [-0.25, -0.2) is 0 Å². The van der Waals surface area contributed by atoms with Crippen molar-refractivity contribution in [2.45, 2.75) is 20.3 Å². The molecule has 2 heteroatoms. The van der Waals surface area contributed by atoms with Crippen LogP contribution in [0.25, 0.3) is 0 Å². The number of hydrogen-bond acceptors (Lipinski definition) is 2. The molecule has 0 N–H and O–H groups in total. The van der Waals surface area contributed by atoms with Crippen molar-refractivity contribution in [2.75, 3.05) is 5.75 Å². The lowest BCUT2D eigenvalue weighted by atomic mass is 10.4. The molecule has 0 amide bonds. The molecule has 0 atom stereocenters. The maximum atomic E-state index is 10.6. The maximum Gasteiger partial charge on any atom is 0.189 e. The predicted molar refractivity (Wildman–Crippen MR) is 37.7 cm³/mol. The van der Waals surface area contributed by atoms with E-state index in [1.54, 1.807) is 0 Å². The Bertz CT molecular complexity index is 62.9. The minimum absolute atomic E-state index is 0.273. The summed E-state index contributed by atoms with van der Waals surface area (Å²) in [7, 11) is 0. The molecule has 0 aromatic rings. The molecule has 1 nitrogen and oxygen atoms in total. The van der Waals surface area contributed by atoms with E-state index in [0.29, 0.717) is 6.42 Å². The number of hydrogen-bond donors (Lipinski definition) is 0. The minimum Gasteiger partial charge on any atom is -0.287 e. The van der Waals surface area contributed by atoms with Gasteiger partial charge in [-0.05, 0) is 12.2 Å². The molecule has 0 aliphatic rings. The third-order valence-corrected chi connectivity index (χ3v) is 1.45. The van der Waals surface area contributed by atoms with E-state index in [-0.39, 0.29) is 5.12 Å². The van der Waals surface area contributed by atoms with Gasteiger partial charge in [-0.2, -0.15) is 0 Å². The first kappa shape index (κ1) is 8.02. The molecule has 0 rings (SSSR count). The molecule has 1 radical (unpaired) electrons. The average Bonchev–Trinajstić information content (AvgIpc) is 1.68.